The molecule has 0 saturated carbocycles. The topological polar surface area (TPSA) is 58.4 Å². The summed E-state index contributed by atoms with van der Waals surface area (Å²) in [4.78, 5) is 11.0. The fourth-order valence-electron chi connectivity index (χ4n) is 2.23. The molecule has 0 aliphatic carbocycles. The van der Waals surface area contributed by atoms with Crippen LogP contribution in [0.1, 0.15) is 12.8 Å². The summed E-state index contributed by atoms with van der Waals surface area (Å²) in [6.07, 6.45) is 1.62. The standard InChI is InChI=1S/C8H15N3OS/c9-11-4-6(13)2-7(11)5-1-8(12)10-3-5/h5-7,13H,1-4,9H2,(H,10,12)/t5?,6?,7-/m0/s1. The van der Waals surface area contributed by atoms with Crippen molar-refractivity contribution in [2.24, 2.45) is 11.8 Å². The normalized spacial score (nSPS) is 41.1. The van der Waals surface area contributed by atoms with Gasteiger partial charge in [0.15, 0.2) is 0 Å². The maximum atomic E-state index is 11.0. The molecule has 1 amide bonds. The number of carbonyl (C=O) groups is 1. The second-order valence-corrected chi connectivity index (χ2v) is 4.65. The van der Waals surface area contributed by atoms with Crippen LogP contribution in [-0.4, -0.2) is 35.3 Å². The molecular weight excluding hydrogens is 186 g/mol. The molecule has 2 aliphatic rings. The van der Waals surface area contributed by atoms with E-state index in [1.165, 1.54) is 0 Å². The minimum Gasteiger partial charge on any atom is -0.356 e. The molecule has 2 rings (SSSR count). The minimum atomic E-state index is 0.154. The first kappa shape index (κ1) is 9.30. The van der Waals surface area contributed by atoms with Crippen LogP contribution in [0.15, 0.2) is 0 Å². The SMILES string of the molecule is NN1CC(S)C[C@H]1C1CNC(=O)C1. The average Bonchev–Trinajstić information content (AvgIpc) is 2.58. The maximum Gasteiger partial charge on any atom is 0.220 e. The van der Waals surface area contributed by atoms with Crippen LogP contribution in [0.25, 0.3) is 0 Å². The van der Waals surface area contributed by atoms with Crippen molar-refractivity contribution in [3.05, 3.63) is 0 Å². The third-order valence-corrected chi connectivity index (χ3v) is 3.29. The van der Waals surface area contributed by atoms with Crippen LogP contribution in [-0.2, 0) is 4.79 Å². The Morgan fingerprint density at radius 2 is 2.38 bits per heavy atom. The summed E-state index contributed by atoms with van der Waals surface area (Å²) in [6, 6.07) is 0.335. The highest BCUT2D eigenvalue weighted by molar-refractivity contribution is 7.81. The van der Waals surface area contributed by atoms with Gasteiger partial charge < -0.3 is 5.32 Å². The van der Waals surface area contributed by atoms with E-state index in [-0.39, 0.29) is 5.91 Å². The van der Waals surface area contributed by atoms with Gasteiger partial charge in [0.05, 0.1) is 0 Å². The second kappa shape index (κ2) is 3.48. The van der Waals surface area contributed by atoms with Gasteiger partial charge in [-0.25, -0.2) is 5.01 Å². The number of hydrogen-bond acceptors (Lipinski definition) is 4. The van der Waals surface area contributed by atoms with Gasteiger partial charge in [0, 0.05) is 36.7 Å². The second-order valence-electron chi connectivity index (χ2n) is 3.92. The van der Waals surface area contributed by atoms with E-state index in [0.717, 1.165) is 19.5 Å². The largest absolute Gasteiger partial charge is 0.356 e. The van der Waals surface area contributed by atoms with Crippen molar-refractivity contribution in [2.45, 2.75) is 24.1 Å². The lowest BCUT2D eigenvalue weighted by atomic mass is 9.97. The number of carbonyl (C=O) groups excluding carboxylic acids is 1. The number of amides is 1. The molecule has 74 valence electrons. The van der Waals surface area contributed by atoms with Crippen molar-refractivity contribution in [3.63, 3.8) is 0 Å². The molecule has 0 aromatic carbocycles. The van der Waals surface area contributed by atoms with Gasteiger partial charge in [0.1, 0.15) is 0 Å². The molecule has 0 aromatic rings. The Kier molecular flexibility index (Phi) is 2.49. The number of nitrogens with two attached hydrogens (primary N) is 1. The summed E-state index contributed by atoms with van der Waals surface area (Å²) in [6.45, 7) is 1.61. The Hall–Kier alpha value is -0.260. The zero-order chi connectivity index (χ0) is 9.42. The molecule has 3 N–H and O–H groups in total. The monoisotopic (exact) mass is 201 g/mol. The van der Waals surface area contributed by atoms with Crippen molar-refractivity contribution in [1.29, 1.82) is 0 Å². The zero-order valence-electron chi connectivity index (χ0n) is 7.44. The van der Waals surface area contributed by atoms with Crippen LogP contribution in [0.4, 0.5) is 0 Å². The molecule has 2 unspecified atom stereocenters. The number of rotatable bonds is 1. The van der Waals surface area contributed by atoms with Crippen molar-refractivity contribution in [1.82, 2.24) is 10.3 Å². The summed E-state index contributed by atoms with van der Waals surface area (Å²) in [5.41, 5.74) is 0. The fraction of sp³-hybridized carbons (Fsp3) is 0.875. The molecule has 13 heavy (non-hydrogen) atoms. The van der Waals surface area contributed by atoms with E-state index < -0.39 is 0 Å². The first-order valence-corrected chi connectivity index (χ1v) is 5.14. The molecular formula is C8H15N3OS. The minimum absolute atomic E-state index is 0.154. The van der Waals surface area contributed by atoms with Crippen LogP contribution in [0, 0.1) is 5.92 Å². The van der Waals surface area contributed by atoms with Crippen molar-refractivity contribution >= 4 is 18.5 Å². The lowest BCUT2D eigenvalue weighted by Crippen LogP contribution is -2.41. The van der Waals surface area contributed by atoms with Gasteiger partial charge in [0.25, 0.3) is 0 Å². The smallest absolute Gasteiger partial charge is 0.220 e. The summed E-state index contributed by atoms with van der Waals surface area (Å²) >= 11 is 4.40. The fourth-order valence-corrected chi connectivity index (χ4v) is 2.63. The number of hydrogen-bond donors (Lipinski definition) is 3. The van der Waals surface area contributed by atoms with Crippen molar-refractivity contribution in [2.75, 3.05) is 13.1 Å². The van der Waals surface area contributed by atoms with E-state index >= 15 is 0 Å². The lowest BCUT2D eigenvalue weighted by Gasteiger charge is -2.23. The Morgan fingerprint density at radius 3 is 2.85 bits per heavy atom. The maximum absolute atomic E-state index is 11.0. The first-order chi connectivity index (χ1) is 6.16. The third kappa shape index (κ3) is 1.82. The van der Waals surface area contributed by atoms with E-state index in [2.05, 4.69) is 17.9 Å². The summed E-state index contributed by atoms with van der Waals surface area (Å²) in [5.74, 6) is 6.38. The third-order valence-electron chi connectivity index (χ3n) is 2.91. The Morgan fingerprint density at radius 1 is 1.62 bits per heavy atom. The van der Waals surface area contributed by atoms with E-state index in [1.54, 1.807) is 0 Å². The summed E-state index contributed by atoms with van der Waals surface area (Å²) < 4.78 is 0. The predicted molar refractivity (Wildman–Crippen MR) is 53.2 cm³/mol. The molecule has 2 saturated heterocycles. The van der Waals surface area contributed by atoms with Gasteiger partial charge in [-0.2, -0.15) is 12.6 Å². The zero-order valence-corrected chi connectivity index (χ0v) is 8.33. The molecule has 5 heteroatoms. The van der Waals surface area contributed by atoms with E-state index in [1.807, 2.05) is 5.01 Å². The van der Waals surface area contributed by atoms with E-state index in [9.17, 15) is 4.79 Å². The van der Waals surface area contributed by atoms with Crippen molar-refractivity contribution < 1.29 is 4.79 Å². The van der Waals surface area contributed by atoms with Gasteiger partial charge >= 0.3 is 0 Å². The van der Waals surface area contributed by atoms with Crippen LogP contribution in [0.3, 0.4) is 0 Å². The molecule has 0 bridgehead atoms. The number of hydrazine groups is 1. The summed E-state index contributed by atoms with van der Waals surface area (Å²) in [7, 11) is 0. The van der Waals surface area contributed by atoms with Crippen molar-refractivity contribution in [3.8, 4) is 0 Å². The Labute approximate surface area is 83.2 Å². The molecule has 2 fully saturated rings. The molecule has 0 spiro atoms. The molecule has 4 nitrogen and oxygen atoms in total. The van der Waals surface area contributed by atoms with Gasteiger partial charge in [0.2, 0.25) is 5.91 Å². The van der Waals surface area contributed by atoms with Crippen LogP contribution >= 0.6 is 12.6 Å². The van der Waals surface area contributed by atoms with Gasteiger partial charge in [-0.1, -0.05) is 0 Å². The highest BCUT2D eigenvalue weighted by Gasteiger charge is 2.37. The Balaban J connectivity index is 1.97. The number of nitrogens with zero attached hydrogens (tertiary/aromatic N) is 1. The molecule has 0 aromatic heterocycles. The van der Waals surface area contributed by atoms with Crippen LogP contribution < -0.4 is 11.2 Å². The lowest BCUT2D eigenvalue weighted by molar-refractivity contribution is -0.119. The first-order valence-electron chi connectivity index (χ1n) is 4.63. The molecule has 2 heterocycles. The van der Waals surface area contributed by atoms with Gasteiger partial charge in [-0.05, 0) is 6.42 Å². The van der Waals surface area contributed by atoms with Gasteiger partial charge in [-0.3, -0.25) is 10.6 Å². The summed E-state index contributed by atoms with van der Waals surface area (Å²) in [5, 5.41) is 5.04. The highest BCUT2D eigenvalue weighted by atomic mass is 32.1. The van der Waals surface area contributed by atoms with Crippen LogP contribution in [0.2, 0.25) is 0 Å². The average molecular weight is 201 g/mol. The van der Waals surface area contributed by atoms with Crippen LogP contribution in [0.5, 0.6) is 0 Å². The highest BCUT2D eigenvalue weighted by Crippen LogP contribution is 2.28. The number of nitrogens with one attached hydrogen (secondary N) is 1. The quantitative estimate of drug-likeness (QED) is 0.391. The van der Waals surface area contributed by atoms with E-state index in [0.29, 0.717) is 23.6 Å². The van der Waals surface area contributed by atoms with E-state index in [4.69, 9.17) is 5.84 Å². The predicted octanol–water partition coefficient (Wildman–Crippen LogP) is -0.631. The molecule has 0 radical (unpaired) electrons. The Bertz CT molecular complexity index is 223. The molecule has 2 aliphatic heterocycles. The van der Waals surface area contributed by atoms with Gasteiger partial charge in [-0.15, -0.1) is 0 Å². The number of thiol groups is 1. The molecule has 3 atom stereocenters.